The highest BCUT2D eigenvalue weighted by Gasteiger charge is 2.20. The summed E-state index contributed by atoms with van der Waals surface area (Å²) in [6, 6.07) is 15.4. The Kier molecular flexibility index (Phi) is 5.96. The van der Waals surface area contributed by atoms with Crippen molar-refractivity contribution in [1.82, 2.24) is 9.80 Å². The second-order valence-electron chi connectivity index (χ2n) is 6.59. The fraction of sp³-hybridized carbons (Fsp3) is 0.333. The quantitative estimate of drug-likeness (QED) is 0.904. The van der Waals surface area contributed by atoms with Gasteiger partial charge >= 0.3 is 6.03 Å². The van der Waals surface area contributed by atoms with Crippen LogP contribution < -0.4 is 10.1 Å². The molecule has 1 aliphatic rings. The highest BCUT2D eigenvalue weighted by atomic mass is 16.5. The number of benzene rings is 2. The van der Waals surface area contributed by atoms with Crippen LogP contribution in [-0.2, 0) is 4.79 Å². The molecule has 1 saturated heterocycles. The molecule has 1 N–H and O–H groups in total. The molecule has 0 radical (unpaired) electrons. The van der Waals surface area contributed by atoms with Crippen molar-refractivity contribution in [1.29, 1.82) is 0 Å². The summed E-state index contributed by atoms with van der Waals surface area (Å²) >= 11 is 0. The highest BCUT2D eigenvalue weighted by Crippen LogP contribution is 2.26. The number of rotatable bonds is 3. The molecule has 0 bridgehead atoms. The molecule has 0 atom stereocenters. The molecule has 2 aromatic carbocycles. The molecule has 0 aromatic heterocycles. The SMILES string of the molecule is COc1cccc(-c2cccc(NC(=O)N3CCCN(C(C)=O)CC3)c2)c1. The maximum Gasteiger partial charge on any atom is 0.321 e. The van der Waals surface area contributed by atoms with Gasteiger partial charge in [0.1, 0.15) is 5.75 Å². The average molecular weight is 367 g/mol. The normalized spacial score (nSPS) is 14.4. The van der Waals surface area contributed by atoms with Crippen LogP contribution in [-0.4, -0.2) is 55.0 Å². The van der Waals surface area contributed by atoms with Crippen LogP contribution in [0, 0.1) is 0 Å². The third kappa shape index (κ3) is 4.78. The van der Waals surface area contributed by atoms with Crippen molar-refractivity contribution < 1.29 is 14.3 Å². The van der Waals surface area contributed by atoms with Gasteiger partial charge in [0.25, 0.3) is 0 Å². The monoisotopic (exact) mass is 367 g/mol. The average Bonchev–Trinajstić information content (AvgIpc) is 2.95. The number of carbonyl (C=O) groups excluding carboxylic acids is 2. The van der Waals surface area contributed by atoms with E-state index < -0.39 is 0 Å². The zero-order valence-corrected chi connectivity index (χ0v) is 15.8. The maximum absolute atomic E-state index is 12.6. The molecule has 1 heterocycles. The lowest BCUT2D eigenvalue weighted by Crippen LogP contribution is -2.38. The van der Waals surface area contributed by atoms with Gasteiger partial charge in [-0.3, -0.25) is 4.79 Å². The molecule has 0 aliphatic carbocycles. The van der Waals surface area contributed by atoms with Crippen LogP contribution in [0.1, 0.15) is 13.3 Å². The van der Waals surface area contributed by atoms with E-state index in [0.717, 1.165) is 29.0 Å². The minimum Gasteiger partial charge on any atom is -0.497 e. The van der Waals surface area contributed by atoms with Gasteiger partial charge in [0, 0.05) is 38.8 Å². The number of nitrogens with zero attached hydrogens (tertiary/aromatic N) is 2. The van der Waals surface area contributed by atoms with Gasteiger partial charge in [0.15, 0.2) is 0 Å². The lowest BCUT2D eigenvalue weighted by atomic mass is 10.0. The Hall–Kier alpha value is -3.02. The van der Waals surface area contributed by atoms with E-state index in [9.17, 15) is 9.59 Å². The lowest BCUT2D eigenvalue weighted by Gasteiger charge is -2.22. The van der Waals surface area contributed by atoms with Gasteiger partial charge in [-0.2, -0.15) is 0 Å². The Morgan fingerprint density at radius 2 is 1.59 bits per heavy atom. The van der Waals surface area contributed by atoms with Gasteiger partial charge in [-0.25, -0.2) is 4.79 Å². The molecular weight excluding hydrogens is 342 g/mol. The fourth-order valence-corrected chi connectivity index (χ4v) is 3.22. The third-order valence-corrected chi connectivity index (χ3v) is 4.75. The summed E-state index contributed by atoms with van der Waals surface area (Å²) in [4.78, 5) is 27.7. The summed E-state index contributed by atoms with van der Waals surface area (Å²) < 4.78 is 5.28. The molecule has 3 rings (SSSR count). The van der Waals surface area contributed by atoms with Crippen molar-refractivity contribution in [3.63, 3.8) is 0 Å². The largest absolute Gasteiger partial charge is 0.497 e. The summed E-state index contributed by atoms with van der Waals surface area (Å²) in [5.74, 6) is 0.852. The highest BCUT2D eigenvalue weighted by molar-refractivity contribution is 5.90. The smallest absolute Gasteiger partial charge is 0.321 e. The van der Waals surface area contributed by atoms with E-state index in [1.165, 1.54) is 0 Å². The summed E-state index contributed by atoms with van der Waals surface area (Å²) in [6.45, 7) is 4.03. The third-order valence-electron chi connectivity index (χ3n) is 4.75. The van der Waals surface area contributed by atoms with Crippen molar-refractivity contribution in [2.24, 2.45) is 0 Å². The van der Waals surface area contributed by atoms with E-state index >= 15 is 0 Å². The predicted octanol–water partition coefficient (Wildman–Crippen LogP) is 3.45. The first-order chi connectivity index (χ1) is 13.1. The second kappa shape index (κ2) is 8.58. The molecule has 142 valence electrons. The molecule has 0 unspecified atom stereocenters. The van der Waals surface area contributed by atoms with Gasteiger partial charge < -0.3 is 19.9 Å². The van der Waals surface area contributed by atoms with E-state index in [1.54, 1.807) is 23.8 Å². The molecule has 1 aliphatic heterocycles. The van der Waals surface area contributed by atoms with E-state index in [4.69, 9.17) is 4.74 Å². The van der Waals surface area contributed by atoms with E-state index in [2.05, 4.69) is 5.32 Å². The number of anilines is 1. The van der Waals surface area contributed by atoms with Crippen molar-refractivity contribution in [2.75, 3.05) is 38.6 Å². The van der Waals surface area contributed by atoms with Crippen LogP contribution in [0.25, 0.3) is 11.1 Å². The van der Waals surface area contributed by atoms with Crippen LogP contribution in [0.4, 0.5) is 10.5 Å². The summed E-state index contributed by atoms with van der Waals surface area (Å²) in [6.07, 6.45) is 0.789. The molecule has 3 amide bonds. The Labute approximate surface area is 159 Å². The summed E-state index contributed by atoms with van der Waals surface area (Å²) in [5.41, 5.74) is 2.77. The second-order valence-corrected chi connectivity index (χ2v) is 6.59. The zero-order valence-electron chi connectivity index (χ0n) is 15.8. The molecular formula is C21H25N3O3. The Morgan fingerprint density at radius 1 is 0.926 bits per heavy atom. The van der Waals surface area contributed by atoms with E-state index in [1.807, 2.05) is 48.5 Å². The maximum atomic E-state index is 12.6. The molecule has 0 saturated carbocycles. The molecule has 1 fully saturated rings. The van der Waals surface area contributed by atoms with Gasteiger partial charge in [0.05, 0.1) is 7.11 Å². The van der Waals surface area contributed by atoms with Crippen LogP contribution in [0.2, 0.25) is 0 Å². The first-order valence-corrected chi connectivity index (χ1v) is 9.13. The summed E-state index contributed by atoms with van der Waals surface area (Å²) in [5, 5.41) is 2.97. The summed E-state index contributed by atoms with van der Waals surface area (Å²) in [7, 11) is 1.64. The van der Waals surface area contributed by atoms with Gasteiger partial charge in [-0.05, 0) is 41.8 Å². The van der Waals surface area contributed by atoms with Crippen LogP contribution in [0.5, 0.6) is 5.75 Å². The van der Waals surface area contributed by atoms with Crippen molar-refractivity contribution >= 4 is 17.6 Å². The fourth-order valence-electron chi connectivity index (χ4n) is 3.22. The first kappa shape index (κ1) is 18.8. The van der Waals surface area contributed by atoms with Gasteiger partial charge in [0.2, 0.25) is 5.91 Å². The van der Waals surface area contributed by atoms with Gasteiger partial charge in [-0.15, -0.1) is 0 Å². The number of methoxy groups -OCH3 is 1. The van der Waals surface area contributed by atoms with Crippen LogP contribution in [0.15, 0.2) is 48.5 Å². The molecule has 6 nitrogen and oxygen atoms in total. The number of carbonyl (C=O) groups is 2. The van der Waals surface area contributed by atoms with E-state index in [-0.39, 0.29) is 11.9 Å². The number of hydrogen-bond donors (Lipinski definition) is 1. The van der Waals surface area contributed by atoms with Crippen molar-refractivity contribution in [3.05, 3.63) is 48.5 Å². The van der Waals surface area contributed by atoms with Crippen molar-refractivity contribution in [2.45, 2.75) is 13.3 Å². The molecule has 2 aromatic rings. The number of nitrogens with one attached hydrogen (secondary N) is 1. The lowest BCUT2D eigenvalue weighted by molar-refractivity contribution is -0.128. The predicted molar refractivity (Wildman–Crippen MR) is 106 cm³/mol. The number of amides is 3. The zero-order chi connectivity index (χ0) is 19.2. The number of hydrogen-bond acceptors (Lipinski definition) is 3. The minimum absolute atomic E-state index is 0.0586. The topological polar surface area (TPSA) is 61.9 Å². The van der Waals surface area contributed by atoms with E-state index in [0.29, 0.717) is 26.2 Å². The minimum atomic E-state index is -0.136. The molecule has 0 spiro atoms. The number of urea groups is 1. The van der Waals surface area contributed by atoms with Crippen LogP contribution in [0.3, 0.4) is 0 Å². The molecule has 27 heavy (non-hydrogen) atoms. The van der Waals surface area contributed by atoms with Crippen LogP contribution >= 0.6 is 0 Å². The van der Waals surface area contributed by atoms with Gasteiger partial charge in [-0.1, -0.05) is 24.3 Å². The molecule has 6 heteroatoms. The standard InChI is InChI=1S/C21H25N3O3/c1-16(25)23-10-5-11-24(13-12-23)21(26)22-19-8-3-6-17(14-19)18-7-4-9-20(15-18)27-2/h3-4,6-9,14-15H,5,10-13H2,1-2H3,(H,22,26). The number of ether oxygens (including phenoxy) is 1. The Morgan fingerprint density at radius 3 is 2.33 bits per heavy atom. The Bertz CT molecular complexity index is 822. The van der Waals surface area contributed by atoms with Crippen molar-refractivity contribution in [3.8, 4) is 16.9 Å². The Balaban J connectivity index is 1.68. The first-order valence-electron chi connectivity index (χ1n) is 9.13.